The fourth-order valence-electron chi connectivity index (χ4n) is 15.4. The van der Waals surface area contributed by atoms with Crippen molar-refractivity contribution in [1.82, 2.24) is 65.9 Å². The topological polar surface area (TPSA) is 440 Å². The number of carbonyl (C=O) groups is 14. The summed E-state index contributed by atoms with van der Waals surface area (Å²) < 4.78 is 19.9. The van der Waals surface area contributed by atoms with Crippen LogP contribution in [0.2, 0.25) is 10.0 Å². The average Bonchev–Trinajstić information content (AvgIpc) is 1.60. The summed E-state index contributed by atoms with van der Waals surface area (Å²) in [5.41, 5.74) is 4.55. The number of ether oxygens (including phenoxy) is 3. The van der Waals surface area contributed by atoms with Crippen molar-refractivity contribution in [3.05, 3.63) is 184 Å². The van der Waals surface area contributed by atoms with E-state index in [2.05, 4.69) is 53.9 Å². The van der Waals surface area contributed by atoms with Crippen molar-refractivity contribution < 1.29 is 86.4 Å². The molecule has 11 amide bonds. The maximum Gasteiger partial charge on any atom is 0.337 e. The number of Topliss-reactive ketones (excluding diaryl/α,β-unsaturated/α-hetero) is 1. The number of hydrogen-bond acceptors (Lipinski definition) is 25. The summed E-state index contributed by atoms with van der Waals surface area (Å²) >= 11 is 15.1. The van der Waals surface area contributed by atoms with Gasteiger partial charge in [-0.25, -0.2) is 4.79 Å². The lowest BCUT2D eigenvalue weighted by atomic mass is 9.98. The third-order valence-electron chi connectivity index (χ3n) is 21.5. The highest BCUT2D eigenvalue weighted by atomic mass is 35.5. The molecule has 37 heteroatoms. The molecule has 6 aliphatic rings. The van der Waals surface area contributed by atoms with E-state index in [1.807, 2.05) is 35.1 Å². The SMILES string of the molecule is C.C.CC(=O)C[C@H]1N=C(c2ccc(Cl)cc2)c2c(sc(C)c2C(=O)O)-n2c(C)nnc21.CCCCCCCCCNC(=O)COc1cccc2c1C(=O)N(C1CCC(=O)NC1=O)C2=O.COC(=O)C[C@@H]1N=C(c2ccc(Cl)cc2)c2c(sc(C)c2C(=O)NCCCCCCCCNC(=O)COc2cccc3c2C(=O)N(C2CCC(=O)NC2=O)C3=O)-n2c(C)nnc21. The lowest BCUT2D eigenvalue weighted by Gasteiger charge is -2.27. The molecule has 126 heavy (non-hydrogen) atoms. The van der Waals surface area contributed by atoms with Gasteiger partial charge in [0.25, 0.3) is 41.4 Å². The largest absolute Gasteiger partial charge is 0.483 e. The highest BCUT2D eigenvalue weighted by molar-refractivity contribution is 7.15. The zero-order chi connectivity index (χ0) is 88.7. The number of nitrogens with zero attached hydrogens (tertiary/aromatic N) is 10. The maximum absolute atomic E-state index is 14.0. The van der Waals surface area contributed by atoms with E-state index >= 15 is 0 Å². The Hall–Kier alpha value is -12.3. The molecular formula is C89H101Cl2N15O18S2. The van der Waals surface area contributed by atoms with Crippen molar-refractivity contribution in [3.63, 3.8) is 0 Å². The van der Waals surface area contributed by atoms with Crippen LogP contribution in [0, 0.1) is 27.7 Å². The first-order valence-corrected chi connectivity index (χ1v) is 43.3. The number of ketones is 1. The zero-order valence-corrected chi connectivity index (χ0v) is 72.4. The number of fused-ring (bicyclic) bond motifs is 8. The highest BCUT2D eigenvalue weighted by Crippen LogP contribution is 2.44. The number of imide groups is 4. The molecule has 0 saturated carbocycles. The molecule has 0 spiro atoms. The van der Waals surface area contributed by atoms with Gasteiger partial charge in [0.05, 0.1) is 63.9 Å². The number of aromatic nitrogens is 6. The van der Waals surface area contributed by atoms with Crippen LogP contribution in [0.25, 0.3) is 10.0 Å². The van der Waals surface area contributed by atoms with Crippen molar-refractivity contribution in [1.29, 1.82) is 0 Å². The Balaban J connectivity index is 0.000000217. The number of thiophene rings is 2. The Morgan fingerprint density at radius 1 is 0.508 bits per heavy atom. The van der Waals surface area contributed by atoms with Crippen molar-refractivity contribution in [2.24, 2.45) is 9.98 Å². The molecule has 6 aliphatic heterocycles. The van der Waals surface area contributed by atoms with Crippen LogP contribution in [0.4, 0.5) is 0 Å². The zero-order valence-electron chi connectivity index (χ0n) is 69.3. The van der Waals surface area contributed by atoms with Crippen molar-refractivity contribution in [2.75, 3.05) is 40.0 Å². The molecule has 666 valence electrons. The quantitative estimate of drug-likeness (QED) is 0.0126. The number of aryl methyl sites for hydroxylation is 4. The molecule has 4 aromatic heterocycles. The summed E-state index contributed by atoms with van der Waals surface area (Å²) in [6, 6.07) is 19.9. The van der Waals surface area contributed by atoms with Crippen LogP contribution in [0.3, 0.4) is 0 Å². The monoisotopic (exact) mass is 1800 g/mol. The van der Waals surface area contributed by atoms with Crippen LogP contribution in [-0.4, -0.2) is 191 Å². The maximum atomic E-state index is 14.0. The van der Waals surface area contributed by atoms with Gasteiger partial charge in [-0.05, 0) is 115 Å². The lowest BCUT2D eigenvalue weighted by molar-refractivity contribution is -0.141. The predicted molar refractivity (Wildman–Crippen MR) is 471 cm³/mol. The lowest BCUT2D eigenvalue weighted by Crippen LogP contribution is -2.54. The number of esters is 1. The van der Waals surface area contributed by atoms with Gasteiger partial charge in [-0.2, -0.15) is 0 Å². The van der Waals surface area contributed by atoms with Crippen LogP contribution in [0.5, 0.6) is 11.5 Å². The van der Waals surface area contributed by atoms with E-state index in [-0.39, 0.29) is 129 Å². The van der Waals surface area contributed by atoms with Gasteiger partial charge >= 0.3 is 11.9 Å². The highest BCUT2D eigenvalue weighted by Gasteiger charge is 2.48. The number of rotatable bonds is 33. The van der Waals surface area contributed by atoms with Gasteiger partial charge in [0, 0.05) is 75.4 Å². The van der Waals surface area contributed by atoms with Gasteiger partial charge in [-0.3, -0.25) is 102 Å². The first kappa shape index (κ1) is 95.9. The van der Waals surface area contributed by atoms with Gasteiger partial charge in [0.2, 0.25) is 23.6 Å². The molecule has 2 saturated heterocycles. The second-order valence-corrected chi connectivity index (χ2v) is 33.6. The molecule has 2 fully saturated rings. The smallest absolute Gasteiger partial charge is 0.337 e. The van der Waals surface area contributed by atoms with E-state index in [0.29, 0.717) is 91.0 Å². The van der Waals surface area contributed by atoms with Crippen LogP contribution < -0.4 is 36.1 Å². The van der Waals surface area contributed by atoms with Gasteiger partial charge in [0.1, 0.15) is 63.1 Å². The van der Waals surface area contributed by atoms with E-state index in [4.69, 9.17) is 47.4 Å². The average molecular weight is 1800 g/mol. The van der Waals surface area contributed by atoms with Crippen molar-refractivity contribution in [2.45, 2.75) is 203 Å². The Morgan fingerprint density at radius 3 is 1.31 bits per heavy atom. The number of nitrogens with one attached hydrogen (secondary N) is 5. The standard InChI is InChI=1S/C43H45ClN8O9S.C24H31N3O6.C20H17ClN4O3S.2CH4/c1-23-34(36-37(25-13-15-26(44)16-14-25)47-28(21-33(55)60-3)38-50-49-24(2)51(38)43(36)62-23)40(57)46-20-9-7-5-4-6-8-19-45-32(54)22-61-30-12-10-11-27-35(30)42(59)52(41(27)58)29-17-18-31(53)48-39(29)56;1-2-3-4-5-6-7-8-14-25-20(29)15-33-18-11-9-10-16-21(18)24(32)27(23(16)31)17-12-13-19(28)26-22(17)30;1-9(26)8-14-18-24-23-11(3)25(18)19-16(15(20(27)28)10(2)29-19)17(22-14)12-4-6-13(21)7-5-12;;/h10-16,28-29H,4-9,17-22H2,1-3H3,(H,45,54)(H,46,57)(H,48,53,56);9-11,17H,2-8,12-15H2,1H3,(H,25,29)(H,26,28,30);4-7,14H,8H2,1-3H3,(H,27,28);2*1H4/t28-,29?;;14-;;/m0.1../s1. The number of aliphatic imine (C=N–C) groups is 2. The first-order valence-electron chi connectivity index (χ1n) is 40.9. The number of carboxylic acid groups (broad SMARTS) is 1. The number of piperidine rings is 2. The molecule has 0 radical (unpaired) electrons. The fourth-order valence-corrected chi connectivity index (χ4v) is 18.1. The summed E-state index contributed by atoms with van der Waals surface area (Å²) in [7, 11) is 1.32. The van der Waals surface area contributed by atoms with E-state index in [1.165, 1.54) is 92.7 Å². The minimum absolute atomic E-state index is 0. The minimum Gasteiger partial charge on any atom is -0.483 e. The Morgan fingerprint density at radius 2 is 0.905 bits per heavy atom. The van der Waals surface area contributed by atoms with Crippen LogP contribution >= 0.6 is 45.9 Å². The third-order valence-corrected chi connectivity index (χ3v) is 24.2. The number of carboxylic acids is 1. The molecular weight excluding hydrogens is 1700 g/mol. The predicted octanol–water partition coefficient (Wildman–Crippen LogP) is 12.5. The van der Waals surface area contributed by atoms with E-state index in [9.17, 15) is 72.2 Å². The first-order chi connectivity index (χ1) is 59.6. The summed E-state index contributed by atoms with van der Waals surface area (Å²) in [5, 5.41) is 42.6. The Bertz CT molecular complexity index is 5600. The Labute approximate surface area is 745 Å². The van der Waals surface area contributed by atoms with Crippen LogP contribution in [-0.2, 0) is 43.1 Å². The molecule has 4 atom stereocenters. The van der Waals surface area contributed by atoms with E-state index in [1.54, 1.807) is 56.3 Å². The molecule has 0 bridgehead atoms. The summed E-state index contributed by atoms with van der Waals surface area (Å²) in [6.07, 6.45) is 13.4. The number of unbranched alkanes of at least 4 members (excludes halogenated alkanes) is 11. The van der Waals surface area contributed by atoms with Crippen molar-refractivity contribution in [3.8, 4) is 21.5 Å². The van der Waals surface area contributed by atoms with Crippen LogP contribution in [0.15, 0.2) is 94.9 Å². The normalized spacial score (nSPS) is 16.4. The van der Waals surface area contributed by atoms with Crippen molar-refractivity contribution >= 4 is 140 Å². The van der Waals surface area contributed by atoms with Gasteiger partial charge in [-0.15, -0.1) is 43.1 Å². The van der Waals surface area contributed by atoms with Gasteiger partial charge in [0.15, 0.2) is 24.9 Å². The summed E-state index contributed by atoms with van der Waals surface area (Å²) in [6.45, 7) is 11.8. The molecule has 0 aliphatic carbocycles. The molecule has 6 N–H and O–H groups in total. The number of benzene rings is 4. The number of carbonyl (C=O) groups excluding carboxylic acids is 13. The number of halogens is 2. The molecule has 4 aromatic carbocycles. The molecule has 14 rings (SSSR count). The third kappa shape index (κ3) is 21.8. The number of methoxy groups -OCH3 is 1. The number of aromatic carboxylic acids is 1. The number of hydrogen-bond donors (Lipinski definition) is 6. The summed E-state index contributed by atoms with van der Waals surface area (Å²) in [4.78, 5) is 188. The molecule has 33 nitrogen and oxygen atoms in total. The second kappa shape index (κ2) is 43.5. The molecule has 8 aromatic rings. The van der Waals surface area contributed by atoms with Gasteiger partial charge in [-0.1, -0.05) is 146 Å². The second-order valence-electron chi connectivity index (χ2n) is 30.3. The van der Waals surface area contributed by atoms with E-state index < -0.39 is 83.4 Å². The van der Waals surface area contributed by atoms with Crippen LogP contribution in [0.1, 0.15) is 280 Å². The summed E-state index contributed by atoms with van der Waals surface area (Å²) in [5.74, 6) is -4.97. The van der Waals surface area contributed by atoms with E-state index in [0.717, 1.165) is 88.6 Å². The Kier molecular flexibility index (Phi) is 33.1. The van der Waals surface area contributed by atoms with Gasteiger partial charge < -0.3 is 35.3 Å². The minimum atomic E-state index is -1.10. The molecule has 2 unspecified atom stereocenters. The fraction of sp³-hybridized carbons (Fsp3) is 0.416. The number of amides is 11. The molecule has 10 heterocycles.